The molecule has 0 bridgehead atoms. The summed E-state index contributed by atoms with van der Waals surface area (Å²) in [4.78, 5) is 24.3. The Labute approximate surface area is 144 Å². The van der Waals surface area contributed by atoms with Crippen LogP contribution >= 0.6 is 0 Å². The molecule has 1 N–H and O–H groups in total. The van der Waals surface area contributed by atoms with Gasteiger partial charge in [0, 0.05) is 19.4 Å². The zero-order chi connectivity index (χ0) is 18.0. The van der Waals surface area contributed by atoms with E-state index in [1.165, 1.54) is 12.1 Å². The molecule has 2 amide bonds. The van der Waals surface area contributed by atoms with Crippen molar-refractivity contribution in [2.45, 2.75) is 31.8 Å². The summed E-state index contributed by atoms with van der Waals surface area (Å²) in [6.07, 6.45) is 0.641. The van der Waals surface area contributed by atoms with Gasteiger partial charge in [-0.05, 0) is 24.1 Å². The van der Waals surface area contributed by atoms with Gasteiger partial charge in [-0.25, -0.2) is 17.8 Å². The molecule has 2 heterocycles. The van der Waals surface area contributed by atoms with Crippen LogP contribution < -0.4 is 5.32 Å². The van der Waals surface area contributed by atoms with Crippen LogP contribution in [0.5, 0.6) is 0 Å². The Morgan fingerprint density at radius 3 is 2.84 bits per heavy atom. The first kappa shape index (κ1) is 17.5. The molecule has 0 unspecified atom stereocenters. The summed E-state index contributed by atoms with van der Waals surface area (Å²) in [5.41, 5.74) is 0.792. The molecule has 1 saturated heterocycles. The summed E-state index contributed by atoms with van der Waals surface area (Å²) in [7, 11) is -3.16. The van der Waals surface area contributed by atoms with E-state index in [9.17, 15) is 22.4 Å². The predicted molar refractivity (Wildman–Crippen MR) is 88.8 cm³/mol. The molecular formula is C16H18FN3O4S. The second-order valence-corrected chi connectivity index (χ2v) is 8.38. The number of nitrogens with one attached hydrogen (secondary N) is 1. The maximum atomic E-state index is 13.1. The fourth-order valence-electron chi connectivity index (χ4n) is 2.92. The largest absolute Gasteiger partial charge is 0.347 e. The number of carbonyl (C=O) groups excluding carboxylic acids is 2. The third kappa shape index (κ3) is 4.22. The highest BCUT2D eigenvalue weighted by molar-refractivity contribution is 7.91. The molecule has 0 saturated carbocycles. The molecule has 1 atom stereocenters. The van der Waals surface area contributed by atoms with E-state index in [-0.39, 0.29) is 48.3 Å². The summed E-state index contributed by atoms with van der Waals surface area (Å²) in [5, 5.41) is 7.88. The highest BCUT2D eigenvalue weighted by Gasteiger charge is 2.37. The number of amides is 2. The van der Waals surface area contributed by atoms with Gasteiger partial charge in [0.1, 0.15) is 11.5 Å². The molecule has 0 aromatic heterocycles. The molecule has 1 fully saturated rings. The van der Waals surface area contributed by atoms with E-state index in [4.69, 9.17) is 0 Å². The lowest BCUT2D eigenvalue weighted by atomic mass is 10.1. The molecule has 25 heavy (non-hydrogen) atoms. The Kier molecular flexibility index (Phi) is 4.85. The Morgan fingerprint density at radius 1 is 1.36 bits per heavy atom. The van der Waals surface area contributed by atoms with Gasteiger partial charge in [0.05, 0.1) is 17.5 Å². The van der Waals surface area contributed by atoms with Crippen molar-refractivity contribution in [3.05, 3.63) is 35.6 Å². The van der Waals surface area contributed by atoms with Crippen LogP contribution in [0.1, 0.15) is 24.8 Å². The molecule has 0 aliphatic carbocycles. The van der Waals surface area contributed by atoms with Gasteiger partial charge in [-0.3, -0.25) is 9.59 Å². The van der Waals surface area contributed by atoms with Crippen LogP contribution in [-0.4, -0.2) is 48.5 Å². The number of rotatable bonds is 4. The van der Waals surface area contributed by atoms with Crippen molar-refractivity contribution in [3.8, 4) is 0 Å². The smallest absolute Gasteiger partial charge is 0.267 e. The van der Waals surface area contributed by atoms with Crippen LogP contribution in [0.3, 0.4) is 0 Å². The number of hydrogen-bond acceptors (Lipinski definition) is 5. The van der Waals surface area contributed by atoms with Crippen molar-refractivity contribution in [2.24, 2.45) is 5.10 Å². The molecule has 134 valence electrons. The summed E-state index contributed by atoms with van der Waals surface area (Å²) in [6, 6.07) is 5.36. The number of carbonyl (C=O) groups is 2. The number of halogens is 1. The first-order valence-electron chi connectivity index (χ1n) is 7.97. The summed E-state index contributed by atoms with van der Waals surface area (Å²) >= 11 is 0. The molecule has 3 rings (SSSR count). The lowest BCUT2D eigenvalue weighted by Crippen LogP contribution is -2.43. The van der Waals surface area contributed by atoms with Crippen LogP contribution in [0.15, 0.2) is 29.4 Å². The summed E-state index contributed by atoms with van der Waals surface area (Å²) < 4.78 is 36.3. The van der Waals surface area contributed by atoms with E-state index < -0.39 is 21.8 Å². The van der Waals surface area contributed by atoms with Crippen LogP contribution in [-0.2, 0) is 26.0 Å². The van der Waals surface area contributed by atoms with E-state index in [1.807, 2.05) is 0 Å². The Morgan fingerprint density at radius 2 is 2.16 bits per heavy atom. The first-order chi connectivity index (χ1) is 11.8. The number of hydrazone groups is 1. The predicted octanol–water partition coefficient (Wildman–Crippen LogP) is 0.607. The van der Waals surface area contributed by atoms with Crippen molar-refractivity contribution in [3.63, 3.8) is 0 Å². The Hall–Kier alpha value is -2.29. The van der Waals surface area contributed by atoms with Crippen molar-refractivity contribution >= 4 is 27.4 Å². The van der Waals surface area contributed by atoms with Gasteiger partial charge < -0.3 is 5.32 Å². The van der Waals surface area contributed by atoms with Crippen LogP contribution in [0.2, 0.25) is 0 Å². The first-order valence-corrected chi connectivity index (χ1v) is 9.79. The zero-order valence-electron chi connectivity index (χ0n) is 13.4. The van der Waals surface area contributed by atoms with Gasteiger partial charge in [-0.15, -0.1) is 0 Å². The standard InChI is InChI=1S/C16H18FN3O4S/c17-12-3-1-2-11(8-12)9-18-16(22)14-4-5-15(21)20(19-14)13-6-7-25(23,24)10-13/h1-3,8,13H,4-7,9-10H2,(H,18,22)/t13-/m0/s1. The van der Waals surface area contributed by atoms with E-state index in [0.717, 1.165) is 5.01 Å². The molecule has 7 nitrogen and oxygen atoms in total. The zero-order valence-corrected chi connectivity index (χ0v) is 14.3. The second kappa shape index (κ2) is 6.91. The number of sulfone groups is 1. The Bertz CT molecular complexity index is 838. The van der Waals surface area contributed by atoms with Crippen molar-refractivity contribution in [1.29, 1.82) is 0 Å². The maximum absolute atomic E-state index is 13.1. The summed E-state index contributed by atoms with van der Waals surface area (Å²) in [6.45, 7) is 0.140. The molecule has 1 aromatic carbocycles. The number of nitrogens with zero attached hydrogens (tertiary/aromatic N) is 2. The van der Waals surface area contributed by atoms with Gasteiger partial charge in [0.25, 0.3) is 5.91 Å². The molecule has 2 aliphatic rings. The van der Waals surface area contributed by atoms with Crippen molar-refractivity contribution in [2.75, 3.05) is 11.5 Å². The minimum absolute atomic E-state index is 0.0259. The monoisotopic (exact) mass is 367 g/mol. The average Bonchev–Trinajstić information content (AvgIpc) is 2.93. The van der Waals surface area contributed by atoms with E-state index in [2.05, 4.69) is 10.4 Å². The molecule has 2 aliphatic heterocycles. The number of hydrogen-bond donors (Lipinski definition) is 1. The van der Waals surface area contributed by atoms with Crippen LogP contribution in [0.4, 0.5) is 4.39 Å². The highest BCUT2D eigenvalue weighted by atomic mass is 32.2. The maximum Gasteiger partial charge on any atom is 0.267 e. The van der Waals surface area contributed by atoms with Gasteiger partial charge in [-0.2, -0.15) is 5.10 Å². The molecule has 9 heteroatoms. The van der Waals surface area contributed by atoms with E-state index >= 15 is 0 Å². The lowest BCUT2D eigenvalue weighted by molar-refractivity contribution is -0.133. The Balaban J connectivity index is 1.67. The molecule has 1 aromatic rings. The van der Waals surface area contributed by atoms with Gasteiger partial charge in [0.15, 0.2) is 9.84 Å². The lowest BCUT2D eigenvalue weighted by Gasteiger charge is -2.27. The average molecular weight is 367 g/mol. The molecular weight excluding hydrogens is 349 g/mol. The number of benzene rings is 1. The van der Waals surface area contributed by atoms with E-state index in [0.29, 0.717) is 12.0 Å². The van der Waals surface area contributed by atoms with Gasteiger partial charge >= 0.3 is 0 Å². The normalized spacial score (nSPS) is 22.6. The van der Waals surface area contributed by atoms with Crippen molar-refractivity contribution in [1.82, 2.24) is 10.3 Å². The fraction of sp³-hybridized carbons (Fsp3) is 0.438. The van der Waals surface area contributed by atoms with Gasteiger partial charge in [-0.1, -0.05) is 12.1 Å². The third-order valence-corrected chi connectivity index (χ3v) is 5.97. The molecule has 0 spiro atoms. The minimum atomic E-state index is -3.16. The minimum Gasteiger partial charge on any atom is -0.347 e. The fourth-order valence-corrected chi connectivity index (χ4v) is 4.61. The van der Waals surface area contributed by atoms with E-state index in [1.54, 1.807) is 12.1 Å². The van der Waals surface area contributed by atoms with Gasteiger partial charge in [0.2, 0.25) is 5.91 Å². The third-order valence-electron chi connectivity index (χ3n) is 4.22. The quantitative estimate of drug-likeness (QED) is 0.843. The van der Waals surface area contributed by atoms with Crippen molar-refractivity contribution < 1.29 is 22.4 Å². The second-order valence-electron chi connectivity index (χ2n) is 6.15. The highest BCUT2D eigenvalue weighted by Crippen LogP contribution is 2.22. The summed E-state index contributed by atoms with van der Waals surface area (Å²) in [5.74, 6) is -1.20. The SMILES string of the molecule is O=C(NCc1cccc(F)c1)C1=NN([C@H]2CCS(=O)(=O)C2)C(=O)CC1. The topological polar surface area (TPSA) is 95.9 Å². The van der Waals surface area contributed by atoms with Crippen LogP contribution in [0, 0.1) is 5.82 Å². The molecule has 0 radical (unpaired) electrons. The van der Waals surface area contributed by atoms with Crippen LogP contribution in [0.25, 0.3) is 0 Å².